The summed E-state index contributed by atoms with van der Waals surface area (Å²) in [5, 5.41) is 20.4. The maximum Gasteiger partial charge on any atom is 0.123 e. The van der Waals surface area contributed by atoms with Crippen LogP contribution in [-0.2, 0) is 0 Å². The fraction of sp³-hybridized carbons (Fsp3) is 0.545. The molecule has 0 aliphatic carbocycles. The normalized spacial score (nSPS) is 14.8. The number of pyridine rings is 1. The van der Waals surface area contributed by atoms with E-state index in [0.717, 1.165) is 5.56 Å². The van der Waals surface area contributed by atoms with Crippen molar-refractivity contribution in [3.8, 4) is 0 Å². The molecular formula is C11H17BrN2O2. The van der Waals surface area contributed by atoms with E-state index in [1.165, 1.54) is 0 Å². The molecule has 0 spiro atoms. The quantitative estimate of drug-likeness (QED) is 0.733. The molecule has 1 aromatic heterocycles. The summed E-state index contributed by atoms with van der Waals surface area (Å²) in [6.07, 6.45) is -1.21. The Morgan fingerprint density at radius 2 is 2.06 bits per heavy atom. The van der Waals surface area contributed by atoms with E-state index in [9.17, 15) is 10.2 Å². The summed E-state index contributed by atoms with van der Waals surface area (Å²) in [7, 11) is 0. The third-order valence-electron chi connectivity index (χ3n) is 2.54. The highest BCUT2D eigenvalue weighted by molar-refractivity contribution is 9.09. The van der Waals surface area contributed by atoms with Crippen molar-refractivity contribution in [1.82, 2.24) is 4.98 Å². The molecule has 5 heteroatoms. The first kappa shape index (κ1) is 13.4. The van der Waals surface area contributed by atoms with Crippen LogP contribution < -0.4 is 5.73 Å². The number of hydrogen-bond acceptors (Lipinski definition) is 4. The van der Waals surface area contributed by atoms with E-state index in [1.807, 2.05) is 6.92 Å². The van der Waals surface area contributed by atoms with E-state index in [-0.39, 0.29) is 0 Å². The fourth-order valence-corrected chi connectivity index (χ4v) is 2.25. The van der Waals surface area contributed by atoms with Crippen molar-refractivity contribution in [3.05, 3.63) is 22.9 Å². The molecule has 0 aromatic carbocycles. The SMILES string of the molecule is Cc1cc(N)nc(C)c1C(O)C(O)CCBr. The lowest BCUT2D eigenvalue weighted by atomic mass is 9.97. The zero-order valence-electron chi connectivity index (χ0n) is 9.44. The number of nitrogens with zero attached hydrogens (tertiary/aromatic N) is 1. The predicted molar refractivity (Wildman–Crippen MR) is 67.5 cm³/mol. The zero-order chi connectivity index (χ0) is 12.3. The van der Waals surface area contributed by atoms with E-state index in [0.29, 0.717) is 28.8 Å². The Kier molecular flexibility index (Phi) is 4.70. The lowest BCUT2D eigenvalue weighted by Gasteiger charge is -2.21. The van der Waals surface area contributed by atoms with Crippen molar-refractivity contribution in [2.45, 2.75) is 32.5 Å². The monoisotopic (exact) mass is 288 g/mol. The molecule has 1 heterocycles. The van der Waals surface area contributed by atoms with Gasteiger partial charge in [0, 0.05) is 16.6 Å². The van der Waals surface area contributed by atoms with Gasteiger partial charge >= 0.3 is 0 Å². The summed E-state index contributed by atoms with van der Waals surface area (Å²) in [4.78, 5) is 4.09. The van der Waals surface area contributed by atoms with Crippen molar-refractivity contribution in [2.24, 2.45) is 0 Å². The molecule has 0 bridgehead atoms. The van der Waals surface area contributed by atoms with E-state index < -0.39 is 12.2 Å². The van der Waals surface area contributed by atoms with Crippen LogP contribution >= 0.6 is 15.9 Å². The average Bonchev–Trinajstić information content (AvgIpc) is 2.16. The summed E-state index contributed by atoms with van der Waals surface area (Å²) in [5.74, 6) is 0.431. The maximum atomic E-state index is 10.0. The number of nitrogen functional groups attached to an aromatic ring is 1. The van der Waals surface area contributed by atoms with Gasteiger partial charge in [-0.2, -0.15) is 0 Å². The maximum absolute atomic E-state index is 10.0. The molecule has 4 N–H and O–H groups in total. The molecule has 0 fully saturated rings. The van der Waals surface area contributed by atoms with Gasteiger partial charge in [-0.05, 0) is 31.9 Å². The highest BCUT2D eigenvalue weighted by Crippen LogP contribution is 2.26. The summed E-state index contributed by atoms with van der Waals surface area (Å²) in [5.41, 5.74) is 7.79. The molecule has 2 atom stereocenters. The first-order chi connectivity index (χ1) is 7.47. The Morgan fingerprint density at radius 3 is 2.56 bits per heavy atom. The first-order valence-electron chi connectivity index (χ1n) is 5.13. The minimum absolute atomic E-state index is 0.431. The number of halogens is 1. The number of hydrogen-bond donors (Lipinski definition) is 3. The van der Waals surface area contributed by atoms with E-state index in [4.69, 9.17) is 5.73 Å². The van der Waals surface area contributed by atoms with Crippen LogP contribution in [0, 0.1) is 13.8 Å². The Morgan fingerprint density at radius 1 is 1.44 bits per heavy atom. The Labute approximate surface area is 104 Å². The number of aliphatic hydroxyl groups is 2. The van der Waals surface area contributed by atoms with E-state index in [2.05, 4.69) is 20.9 Å². The highest BCUT2D eigenvalue weighted by Gasteiger charge is 2.22. The molecule has 1 rings (SSSR count). The minimum atomic E-state index is -0.911. The second-order valence-electron chi connectivity index (χ2n) is 3.85. The topological polar surface area (TPSA) is 79.4 Å². The summed E-state index contributed by atoms with van der Waals surface area (Å²) in [6, 6.07) is 1.70. The smallest absolute Gasteiger partial charge is 0.123 e. The van der Waals surface area contributed by atoms with Crippen molar-refractivity contribution in [3.63, 3.8) is 0 Å². The van der Waals surface area contributed by atoms with Gasteiger partial charge in [-0.1, -0.05) is 15.9 Å². The number of anilines is 1. The second-order valence-corrected chi connectivity index (χ2v) is 4.65. The molecule has 2 unspecified atom stereocenters. The fourth-order valence-electron chi connectivity index (χ4n) is 1.78. The molecule has 0 saturated carbocycles. The molecule has 0 radical (unpaired) electrons. The molecular weight excluding hydrogens is 272 g/mol. The van der Waals surface area contributed by atoms with Crippen molar-refractivity contribution >= 4 is 21.7 Å². The molecule has 0 saturated heterocycles. The van der Waals surface area contributed by atoms with Crippen molar-refractivity contribution in [1.29, 1.82) is 0 Å². The van der Waals surface area contributed by atoms with Gasteiger partial charge in [0.2, 0.25) is 0 Å². The van der Waals surface area contributed by atoms with Crippen LogP contribution in [0.1, 0.15) is 29.3 Å². The molecule has 0 amide bonds. The summed E-state index contributed by atoms with van der Waals surface area (Å²) < 4.78 is 0. The van der Waals surface area contributed by atoms with Gasteiger partial charge in [-0.25, -0.2) is 4.98 Å². The van der Waals surface area contributed by atoms with Gasteiger partial charge in [0.15, 0.2) is 0 Å². The number of aromatic nitrogens is 1. The van der Waals surface area contributed by atoms with Gasteiger partial charge < -0.3 is 15.9 Å². The number of aliphatic hydroxyl groups excluding tert-OH is 2. The van der Waals surface area contributed by atoms with E-state index >= 15 is 0 Å². The zero-order valence-corrected chi connectivity index (χ0v) is 11.0. The number of alkyl halides is 1. The average molecular weight is 289 g/mol. The highest BCUT2D eigenvalue weighted by atomic mass is 79.9. The lowest BCUT2D eigenvalue weighted by molar-refractivity contribution is 0.0164. The standard InChI is InChI=1S/C11H17BrN2O2/c1-6-5-9(13)14-7(2)10(6)11(16)8(15)3-4-12/h5,8,11,15-16H,3-4H2,1-2H3,(H2,13,14). The number of rotatable bonds is 4. The minimum Gasteiger partial charge on any atom is -0.390 e. The summed E-state index contributed by atoms with van der Waals surface area (Å²) >= 11 is 3.23. The van der Waals surface area contributed by atoms with Crippen LogP contribution in [0.25, 0.3) is 0 Å². The van der Waals surface area contributed by atoms with Gasteiger partial charge in [0.05, 0.1) is 6.10 Å². The molecule has 1 aromatic rings. The van der Waals surface area contributed by atoms with Crippen molar-refractivity contribution < 1.29 is 10.2 Å². The molecule has 0 aliphatic heterocycles. The van der Waals surface area contributed by atoms with Crippen molar-refractivity contribution in [2.75, 3.05) is 11.1 Å². The molecule has 90 valence electrons. The first-order valence-corrected chi connectivity index (χ1v) is 6.25. The Bertz CT molecular complexity index is 348. The Hall–Kier alpha value is -0.650. The predicted octanol–water partition coefficient (Wildman–Crippen LogP) is 1.46. The van der Waals surface area contributed by atoms with Gasteiger partial charge in [-0.3, -0.25) is 0 Å². The molecule has 16 heavy (non-hydrogen) atoms. The van der Waals surface area contributed by atoms with Crippen LogP contribution in [0.15, 0.2) is 6.07 Å². The van der Waals surface area contributed by atoms with Gasteiger partial charge in [0.1, 0.15) is 11.9 Å². The molecule has 0 aliphatic rings. The van der Waals surface area contributed by atoms with Gasteiger partial charge in [0.25, 0.3) is 0 Å². The van der Waals surface area contributed by atoms with E-state index in [1.54, 1.807) is 13.0 Å². The summed E-state index contributed by atoms with van der Waals surface area (Å²) in [6.45, 7) is 3.63. The number of aryl methyl sites for hydroxylation is 2. The third kappa shape index (κ3) is 2.93. The number of nitrogens with two attached hydrogens (primary N) is 1. The molecule has 4 nitrogen and oxygen atoms in total. The van der Waals surface area contributed by atoms with Crippen LogP contribution in [-0.4, -0.2) is 26.6 Å². The Balaban J connectivity index is 3.03. The second kappa shape index (κ2) is 5.61. The van der Waals surface area contributed by atoms with Crippen LogP contribution in [0.2, 0.25) is 0 Å². The van der Waals surface area contributed by atoms with Crippen LogP contribution in [0.5, 0.6) is 0 Å². The lowest BCUT2D eigenvalue weighted by Crippen LogP contribution is -2.21. The third-order valence-corrected chi connectivity index (χ3v) is 3.00. The van der Waals surface area contributed by atoms with Crippen LogP contribution in [0.3, 0.4) is 0 Å². The van der Waals surface area contributed by atoms with Crippen LogP contribution in [0.4, 0.5) is 5.82 Å². The largest absolute Gasteiger partial charge is 0.390 e. The van der Waals surface area contributed by atoms with Gasteiger partial charge in [-0.15, -0.1) is 0 Å².